The predicted octanol–water partition coefficient (Wildman–Crippen LogP) is 3.16. The van der Waals surface area contributed by atoms with Crippen LogP contribution in [0.15, 0.2) is 48.0 Å². The maximum atomic E-state index is 12.6. The molecule has 0 spiro atoms. The van der Waals surface area contributed by atoms with Crippen LogP contribution in [0.1, 0.15) is 11.1 Å². The highest BCUT2D eigenvalue weighted by atomic mass is 16.5. The summed E-state index contributed by atoms with van der Waals surface area (Å²) in [5.74, 6) is 0.706. The number of ether oxygens (including phenoxy) is 1. The Balaban J connectivity index is 1.46. The van der Waals surface area contributed by atoms with Gasteiger partial charge in [-0.1, -0.05) is 18.2 Å². The molecule has 4 rings (SSSR count). The normalized spacial score (nSPS) is 17.0. The van der Waals surface area contributed by atoms with E-state index < -0.39 is 0 Å². The Morgan fingerprint density at radius 3 is 2.63 bits per heavy atom. The second-order valence-corrected chi connectivity index (χ2v) is 7.24. The SMILES string of the molecule is Cc1cc(NC(=O)C2=Cc3ccccc3OC2)ccc1N1CCN(C)CC1. The average molecular weight is 363 g/mol. The number of carbonyl (C=O) groups excluding carboxylic acids is 1. The van der Waals surface area contributed by atoms with E-state index in [-0.39, 0.29) is 5.91 Å². The van der Waals surface area contributed by atoms with Crippen molar-refractivity contribution in [2.24, 2.45) is 0 Å². The van der Waals surface area contributed by atoms with Gasteiger partial charge in [0, 0.05) is 43.1 Å². The van der Waals surface area contributed by atoms with Crippen molar-refractivity contribution in [1.82, 2.24) is 4.90 Å². The number of carbonyl (C=O) groups is 1. The summed E-state index contributed by atoms with van der Waals surface area (Å²) in [5, 5.41) is 3.01. The van der Waals surface area contributed by atoms with Crippen molar-refractivity contribution in [2.75, 3.05) is 50.1 Å². The maximum Gasteiger partial charge on any atom is 0.255 e. The third-order valence-corrected chi connectivity index (χ3v) is 5.22. The van der Waals surface area contributed by atoms with Gasteiger partial charge >= 0.3 is 0 Å². The minimum atomic E-state index is -0.115. The molecule has 5 heteroatoms. The van der Waals surface area contributed by atoms with Crippen molar-refractivity contribution >= 4 is 23.4 Å². The standard InChI is InChI=1S/C22H25N3O2/c1-16-13-19(7-8-20(16)25-11-9-24(2)10-12-25)23-22(26)18-14-17-5-3-4-6-21(17)27-15-18/h3-8,13-14H,9-12,15H2,1-2H3,(H,23,26). The minimum Gasteiger partial charge on any atom is -0.488 e. The Kier molecular flexibility index (Phi) is 4.86. The molecular formula is C22H25N3O2. The zero-order valence-corrected chi connectivity index (χ0v) is 15.9. The van der Waals surface area contributed by atoms with E-state index in [1.807, 2.05) is 42.5 Å². The highest BCUT2D eigenvalue weighted by Gasteiger charge is 2.19. The van der Waals surface area contributed by atoms with Crippen LogP contribution in [0, 0.1) is 6.92 Å². The molecule has 0 aromatic heterocycles. The number of piperazine rings is 1. The third-order valence-electron chi connectivity index (χ3n) is 5.22. The van der Waals surface area contributed by atoms with E-state index in [9.17, 15) is 4.79 Å². The molecule has 1 N–H and O–H groups in total. The van der Waals surface area contributed by atoms with E-state index >= 15 is 0 Å². The summed E-state index contributed by atoms with van der Waals surface area (Å²) in [6.07, 6.45) is 1.90. The van der Waals surface area contributed by atoms with E-state index in [4.69, 9.17) is 4.74 Å². The highest BCUT2D eigenvalue weighted by Crippen LogP contribution is 2.28. The third kappa shape index (κ3) is 3.83. The Morgan fingerprint density at radius 1 is 1.07 bits per heavy atom. The van der Waals surface area contributed by atoms with E-state index in [1.165, 1.54) is 11.3 Å². The zero-order valence-electron chi connectivity index (χ0n) is 15.9. The summed E-state index contributed by atoms with van der Waals surface area (Å²) in [6.45, 7) is 6.62. The average Bonchev–Trinajstić information content (AvgIpc) is 2.68. The molecule has 2 aliphatic rings. The Morgan fingerprint density at radius 2 is 1.85 bits per heavy atom. The highest BCUT2D eigenvalue weighted by molar-refractivity contribution is 6.07. The molecule has 1 amide bonds. The monoisotopic (exact) mass is 363 g/mol. The number of fused-ring (bicyclic) bond motifs is 1. The van der Waals surface area contributed by atoms with Gasteiger partial charge in [0.1, 0.15) is 12.4 Å². The van der Waals surface area contributed by atoms with Crippen LogP contribution in [-0.2, 0) is 4.79 Å². The molecule has 0 radical (unpaired) electrons. The molecule has 2 aliphatic heterocycles. The second-order valence-electron chi connectivity index (χ2n) is 7.24. The molecule has 0 bridgehead atoms. The number of hydrogen-bond acceptors (Lipinski definition) is 4. The summed E-state index contributed by atoms with van der Waals surface area (Å²) in [7, 11) is 2.16. The summed E-state index contributed by atoms with van der Waals surface area (Å²) >= 11 is 0. The van der Waals surface area contributed by atoms with Crippen LogP contribution in [0.4, 0.5) is 11.4 Å². The first kappa shape index (κ1) is 17.6. The van der Waals surface area contributed by atoms with Gasteiger partial charge in [-0.05, 0) is 49.9 Å². The fourth-order valence-electron chi connectivity index (χ4n) is 3.59. The number of anilines is 2. The fourth-order valence-corrected chi connectivity index (χ4v) is 3.59. The van der Waals surface area contributed by atoms with Crippen LogP contribution in [0.3, 0.4) is 0 Å². The van der Waals surface area contributed by atoms with Crippen molar-refractivity contribution in [3.63, 3.8) is 0 Å². The fraction of sp³-hybridized carbons (Fsp3) is 0.318. The van der Waals surface area contributed by atoms with Crippen molar-refractivity contribution in [1.29, 1.82) is 0 Å². The van der Waals surface area contributed by atoms with Gasteiger partial charge < -0.3 is 19.9 Å². The number of benzene rings is 2. The van der Waals surface area contributed by atoms with E-state index in [0.717, 1.165) is 43.2 Å². The number of nitrogens with one attached hydrogen (secondary N) is 1. The number of likely N-dealkylation sites (N-methyl/N-ethyl adjacent to an activating group) is 1. The molecule has 2 heterocycles. The number of para-hydroxylation sites is 1. The Labute approximate surface area is 160 Å². The van der Waals surface area contributed by atoms with Crippen LogP contribution >= 0.6 is 0 Å². The molecule has 2 aromatic rings. The lowest BCUT2D eigenvalue weighted by molar-refractivity contribution is -0.113. The zero-order chi connectivity index (χ0) is 18.8. The van der Waals surface area contributed by atoms with Gasteiger partial charge in [-0.25, -0.2) is 0 Å². The molecule has 2 aromatic carbocycles. The van der Waals surface area contributed by atoms with Gasteiger partial charge in [-0.15, -0.1) is 0 Å². The minimum absolute atomic E-state index is 0.115. The lowest BCUT2D eigenvalue weighted by Crippen LogP contribution is -2.44. The molecule has 5 nitrogen and oxygen atoms in total. The largest absolute Gasteiger partial charge is 0.488 e. The van der Waals surface area contributed by atoms with Crippen molar-refractivity contribution in [3.8, 4) is 5.75 Å². The molecule has 27 heavy (non-hydrogen) atoms. The van der Waals surface area contributed by atoms with Crippen LogP contribution in [-0.4, -0.2) is 50.6 Å². The maximum absolute atomic E-state index is 12.6. The van der Waals surface area contributed by atoms with E-state index in [2.05, 4.69) is 35.2 Å². The molecule has 0 saturated carbocycles. The predicted molar refractivity (Wildman–Crippen MR) is 109 cm³/mol. The number of amides is 1. The first-order valence-electron chi connectivity index (χ1n) is 9.38. The molecule has 0 aliphatic carbocycles. The lowest BCUT2D eigenvalue weighted by Gasteiger charge is -2.35. The van der Waals surface area contributed by atoms with E-state index in [0.29, 0.717) is 12.2 Å². The van der Waals surface area contributed by atoms with Crippen molar-refractivity contribution in [3.05, 3.63) is 59.2 Å². The van der Waals surface area contributed by atoms with Gasteiger partial charge in [-0.2, -0.15) is 0 Å². The van der Waals surface area contributed by atoms with E-state index in [1.54, 1.807) is 0 Å². The second kappa shape index (κ2) is 7.45. The first-order valence-corrected chi connectivity index (χ1v) is 9.38. The summed E-state index contributed by atoms with van der Waals surface area (Å²) in [6, 6.07) is 13.9. The Hall–Kier alpha value is -2.79. The summed E-state index contributed by atoms with van der Waals surface area (Å²) in [4.78, 5) is 17.4. The number of nitrogens with zero attached hydrogens (tertiary/aromatic N) is 2. The smallest absolute Gasteiger partial charge is 0.255 e. The van der Waals surface area contributed by atoms with Gasteiger partial charge in [0.15, 0.2) is 0 Å². The topological polar surface area (TPSA) is 44.8 Å². The van der Waals surface area contributed by atoms with Gasteiger partial charge in [0.25, 0.3) is 5.91 Å². The molecule has 140 valence electrons. The van der Waals surface area contributed by atoms with Gasteiger partial charge in [0.05, 0.1) is 5.57 Å². The van der Waals surface area contributed by atoms with Crippen molar-refractivity contribution in [2.45, 2.75) is 6.92 Å². The van der Waals surface area contributed by atoms with Crippen LogP contribution in [0.5, 0.6) is 5.75 Å². The lowest BCUT2D eigenvalue weighted by atomic mass is 10.1. The quantitative estimate of drug-likeness (QED) is 0.910. The number of rotatable bonds is 3. The summed E-state index contributed by atoms with van der Waals surface area (Å²) in [5.41, 5.74) is 4.81. The first-order chi connectivity index (χ1) is 13.1. The van der Waals surface area contributed by atoms with Gasteiger partial charge in [0.2, 0.25) is 0 Å². The molecule has 0 unspecified atom stereocenters. The number of aryl methyl sites for hydroxylation is 1. The Bertz CT molecular complexity index is 883. The molecular weight excluding hydrogens is 338 g/mol. The van der Waals surface area contributed by atoms with Crippen LogP contribution in [0.25, 0.3) is 6.08 Å². The molecule has 1 fully saturated rings. The van der Waals surface area contributed by atoms with Crippen LogP contribution < -0.4 is 15.0 Å². The molecule has 1 saturated heterocycles. The number of hydrogen-bond donors (Lipinski definition) is 1. The molecule has 0 atom stereocenters. The van der Waals surface area contributed by atoms with Crippen molar-refractivity contribution < 1.29 is 9.53 Å². The summed E-state index contributed by atoms with van der Waals surface area (Å²) < 4.78 is 5.69. The van der Waals surface area contributed by atoms with Crippen LogP contribution in [0.2, 0.25) is 0 Å². The van der Waals surface area contributed by atoms with Gasteiger partial charge in [-0.3, -0.25) is 4.79 Å².